The number of aliphatic hydroxyl groups excluding tert-OH is 1. The van der Waals surface area contributed by atoms with E-state index in [1.165, 1.54) is 0 Å². The zero-order valence-corrected chi connectivity index (χ0v) is 15.7. The van der Waals surface area contributed by atoms with Crippen LogP contribution in [-0.2, 0) is 3.79 Å². The van der Waals surface area contributed by atoms with Crippen LogP contribution in [0.2, 0.25) is 0 Å². The number of fused-ring (bicyclic) bond motifs is 7. The van der Waals surface area contributed by atoms with Crippen LogP contribution in [0.3, 0.4) is 0 Å². The first-order valence-corrected chi connectivity index (χ1v) is 10.4. The van der Waals surface area contributed by atoms with Crippen LogP contribution in [-0.4, -0.2) is 33.5 Å². The normalized spacial score (nSPS) is 12.9. The van der Waals surface area contributed by atoms with Crippen molar-refractivity contribution >= 4 is 36.7 Å². The van der Waals surface area contributed by atoms with Crippen molar-refractivity contribution in [2.75, 3.05) is 13.2 Å². The Hall–Kier alpha value is -2.55. The standard InChI is InChI=1S/C20H14O2.C2H5O2.Al/c21-17-11-9-13-5-1-3-7-15(13)19(17)20-16-8-4-2-6-14(16)10-12-18(20)22;3-1-2-4;/h1-12,21-22H;3H,1-2H2;/q;-1;+3/p-2. The van der Waals surface area contributed by atoms with E-state index in [1.807, 2.05) is 36.4 Å². The van der Waals surface area contributed by atoms with E-state index >= 15 is 0 Å². The average molecular weight is 372 g/mol. The number of benzene rings is 4. The summed E-state index contributed by atoms with van der Waals surface area (Å²) < 4.78 is 18.1. The maximum Gasteiger partial charge on any atom is 1.10 e. The van der Waals surface area contributed by atoms with Gasteiger partial charge < -0.3 is 16.5 Å². The minimum atomic E-state index is -2.48. The number of hydrogen-bond acceptors (Lipinski definition) is 4. The largest absolute Gasteiger partial charge is 1.10 e. The molecule has 5 heteroatoms. The van der Waals surface area contributed by atoms with Crippen LogP contribution in [0.1, 0.15) is 0 Å². The molecule has 1 heterocycles. The fourth-order valence-electron chi connectivity index (χ4n) is 3.66. The smallest absolute Gasteiger partial charge is 0.588 e. The van der Waals surface area contributed by atoms with Gasteiger partial charge in [0, 0.05) is 17.7 Å². The van der Waals surface area contributed by atoms with E-state index in [9.17, 15) is 0 Å². The van der Waals surface area contributed by atoms with E-state index in [0.29, 0.717) is 0 Å². The highest BCUT2D eigenvalue weighted by molar-refractivity contribution is 6.39. The van der Waals surface area contributed by atoms with Gasteiger partial charge in [-0.05, 0) is 33.7 Å². The lowest BCUT2D eigenvalue weighted by molar-refractivity contribution is 0.151. The summed E-state index contributed by atoms with van der Waals surface area (Å²) in [7, 11) is 0. The molecule has 27 heavy (non-hydrogen) atoms. The second-order valence-corrected chi connectivity index (χ2v) is 7.82. The lowest BCUT2D eigenvalue weighted by atomic mass is 9.92. The highest BCUT2D eigenvalue weighted by atomic mass is 27.3. The van der Waals surface area contributed by atoms with Gasteiger partial charge in [0.2, 0.25) is 0 Å². The summed E-state index contributed by atoms with van der Waals surface area (Å²) in [5.41, 5.74) is 2.06. The summed E-state index contributed by atoms with van der Waals surface area (Å²) in [5, 5.41) is 13.7. The molecule has 132 valence electrons. The molecular weight excluding hydrogens is 355 g/mol. The van der Waals surface area contributed by atoms with E-state index in [0.717, 1.165) is 44.2 Å². The Balaban J connectivity index is 1.84. The van der Waals surface area contributed by atoms with Crippen LogP contribution >= 0.6 is 0 Å². The van der Waals surface area contributed by atoms with Gasteiger partial charge in [-0.2, -0.15) is 0 Å². The topological polar surface area (TPSA) is 47.9 Å². The van der Waals surface area contributed by atoms with Gasteiger partial charge in [0.25, 0.3) is 0 Å². The molecule has 0 bridgehead atoms. The fourth-order valence-corrected chi connectivity index (χ4v) is 4.95. The molecule has 0 fully saturated rings. The van der Waals surface area contributed by atoms with Crippen molar-refractivity contribution in [3.05, 3.63) is 72.8 Å². The molecule has 4 aromatic carbocycles. The first-order chi connectivity index (χ1) is 13.3. The quantitative estimate of drug-likeness (QED) is 0.541. The SMILES string of the molecule is OCC[O][Al]1[O]c2ccc3ccccc3c2-c2c(ccc3ccccc23)[O]1. The zero-order valence-electron chi connectivity index (χ0n) is 14.6. The number of rotatable bonds is 3. The summed E-state index contributed by atoms with van der Waals surface area (Å²) in [4.78, 5) is 0. The minimum Gasteiger partial charge on any atom is -0.588 e. The van der Waals surface area contributed by atoms with Crippen molar-refractivity contribution < 1.29 is 16.5 Å². The maximum atomic E-state index is 9.13. The molecule has 4 aromatic rings. The van der Waals surface area contributed by atoms with E-state index in [-0.39, 0.29) is 13.2 Å². The molecule has 1 aliphatic heterocycles. The van der Waals surface area contributed by atoms with E-state index in [1.54, 1.807) is 0 Å². The second kappa shape index (κ2) is 6.88. The lowest BCUT2D eigenvalue weighted by Gasteiger charge is -2.15. The number of hydrogen-bond donors (Lipinski definition) is 1. The molecule has 0 saturated heterocycles. The third-order valence-corrected chi connectivity index (χ3v) is 6.22. The molecule has 4 nitrogen and oxygen atoms in total. The summed E-state index contributed by atoms with van der Waals surface area (Å²) in [6, 6.07) is 24.7. The van der Waals surface area contributed by atoms with Gasteiger partial charge in [0.15, 0.2) is 0 Å². The van der Waals surface area contributed by atoms with E-state index in [4.69, 9.17) is 16.5 Å². The van der Waals surface area contributed by atoms with Crippen LogP contribution < -0.4 is 7.58 Å². The molecule has 0 radical (unpaired) electrons. The molecule has 1 aliphatic rings. The van der Waals surface area contributed by atoms with Gasteiger partial charge in [-0.3, -0.25) is 0 Å². The molecule has 0 aromatic heterocycles. The van der Waals surface area contributed by atoms with E-state index < -0.39 is 15.1 Å². The predicted octanol–water partition coefficient (Wildman–Crippen LogP) is 4.43. The monoisotopic (exact) mass is 372 g/mol. The van der Waals surface area contributed by atoms with Crippen molar-refractivity contribution in [1.29, 1.82) is 0 Å². The van der Waals surface area contributed by atoms with Crippen LogP contribution in [0.5, 0.6) is 11.5 Å². The summed E-state index contributed by atoms with van der Waals surface area (Å²) in [6.07, 6.45) is 0. The van der Waals surface area contributed by atoms with Gasteiger partial charge in [-0.25, -0.2) is 0 Å². The van der Waals surface area contributed by atoms with Crippen LogP contribution in [0.4, 0.5) is 0 Å². The molecule has 0 unspecified atom stereocenters. The minimum absolute atomic E-state index is 0.0641. The molecule has 0 saturated carbocycles. The maximum absolute atomic E-state index is 9.13. The first kappa shape index (κ1) is 16.6. The van der Waals surface area contributed by atoms with Gasteiger partial charge >= 0.3 is 15.1 Å². The highest BCUT2D eigenvalue weighted by Crippen LogP contribution is 2.47. The van der Waals surface area contributed by atoms with E-state index in [2.05, 4.69) is 36.4 Å². The van der Waals surface area contributed by atoms with Crippen molar-refractivity contribution in [3.63, 3.8) is 0 Å². The van der Waals surface area contributed by atoms with Gasteiger partial charge in [-0.1, -0.05) is 60.7 Å². The molecule has 5 rings (SSSR count). The Kier molecular flexibility index (Phi) is 4.23. The summed E-state index contributed by atoms with van der Waals surface area (Å²) in [6.45, 7) is 0.133. The fraction of sp³-hybridized carbons (Fsp3) is 0.0909. The Bertz CT molecular complexity index is 1050. The molecule has 1 N–H and O–H groups in total. The molecular formula is C22H17AlO4. The second-order valence-electron chi connectivity index (χ2n) is 6.44. The zero-order chi connectivity index (χ0) is 18.2. The van der Waals surface area contributed by atoms with Crippen molar-refractivity contribution in [3.8, 4) is 22.6 Å². The van der Waals surface area contributed by atoms with Crippen LogP contribution in [0.15, 0.2) is 72.8 Å². The number of aliphatic hydroxyl groups is 1. The molecule has 0 spiro atoms. The average Bonchev–Trinajstić information content (AvgIpc) is 2.88. The summed E-state index contributed by atoms with van der Waals surface area (Å²) >= 11 is -2.48. The summed E-state index contributed by atoms with van der Waals surface area (Å²) in [5.74, 6) is 1.52. The van der Waals surface area contributed by atoms with Crippen LogP contribution in [0, 0.1) is 0 Å². The lowest BCUT2D eigenvalue weighted by Crippen LogP contribution is -2.34. The van der Waals surface area contributed by atoms with Gasteiger partial charge in [0.05, 0.1) is 18.1 Å². The Morgan fingerprint density at radius 2 is 1.22 bits per heavy atom. The molecule has 0 aliphatic carbocycles. The predicted molar refractivity (Wildman–Crippen MR) is 107 cm³/mol. The van der Waals surface area contributed by atoms with Gasteiger partial charge in [0.1, 0.15) is 0 Å². The van der Waals surface area contributed by atoms with Crippen molar-refractivity contribution in [2.24, 2.45) is 0 Å². The molecule has 0 amide bonds. The van der Waals surface area contributed by atoms with Crippen molar-refractivity contribution in [1.82, 2.24) is 0 Å². The first-order valence-electron chi connectivity index (χ1n) is 8.95. The Labute approximate surface area is 161 Å². The highest BCUT2D eigenvalue weighted by Gasteiger charge is 2.43. The Morgan fingerprint density at radius 3 is 1.74 bits per heavy atom. The Morgan fingerprint density at radius 1 is 0.704 bits per heavy atom. The van der Waals surface area contributed by atoms with Crippen LogP contribution in [0.25, 0.3) is 32.7 Å². The third-order valence-electron chi connectivity index (χ3n) is 4.82. The van der Waals surface area contributed by atoms with Gasteiger partial charge in [-0.15, -0.1) is 0 Å². The third kappa shape index (κ3) is 2.86. The van der Waals surface area contributed by atoms with Crippen molar-refractivity contribution in [2.45, 2.75) is 0 Å². The molecule has 0 atom stereocenters.